The van der Waals surface area contributed by atoms with Crippen molar-refractivity contribution in [2.45, 2.75) is 12.5 Å². The quantitative estimate of drug-likeness (QED) is 0.742. The lowest BCUT2D eigenvalue weighted by Crippen LogP contribution is -2.38. The van der Waals surface area contributed by atoms with Crippen molar-refractivity contribution >= 4 is 44.7 Å². The molecular formula is C17H15FN2O5S2. The standard InChI is InChI=1S/C17H15FN2O5S2/c18-12-3-1-11(2-4-12)9-14-16(22)20(17(23)26-14)7-5-15(21)19-13-6-8-27(24,25)10-13/h1-4,6,8-9,13H,5,7,10H2,(H,19,21)/b14-9+. The summed E-state index contributed by atoms with van der Waals surface area (Å²) in [6.07, 6.45) is 2.74. The third kappa shape index (κ3) is 4.83. The molecule has 0 saturated carbocycles. The number of imide groups is 1. The van der Waals surface area contributed by atoms with Crippen LogP contribution in [0.3, 0.4) is 0 Å². The maximum absolute atomic E-state index is 12.9. The zero-order valence-corrected chi connectivity index (χ0v) is 15.6. The molecule has 1 saturated heterocycles. The lowest BCUT2D eigenvalue weighted by atomic mass is 10.2. The van der Waals surface area contributed by atoms with Crippen LogP contribution >= 0.6 is 11.8 Å². The number of amides is 3. The van der Waals surface area contributed by atoms with Crippen LogP contribution in [0.1, 0.15) is 12.0 Å². The predicted octanol–water partition coefficient (Wildman–Crippen LogP) is 1.68. The molecule has 1 fully saturated rings. The second-order valence-electron chi connectivity index (χ2n) is 5.97. The van der Waals surface area contributed by atoms with Gasteiger partial charge in [0.25, 0.3) is 11.1 Å². The van der Waals surface area contributed by atoms with Gasteiger partial charge in [-0.15, -0.1) is 0 Å². The lowest BCUT2D eigenvalue weighted by Gasteiger charge is -2.14. The maximum Gasteiger partial charge on any atom is 0.293 e. The second-order valence-corrected chi connectivity index (χ2v) is 8.89. The number of halogens is 1. The van der Waals surface area contributed by atoms with Gasteiger partial charge in [-0.2, -0.15) is 0 Å². The highest BCUT2D eigenvalue weighted by molar-refractivity contribution is 8.18. The molecule has 10 heteroatoms. The van der Waals surface area contributed by atoms with E-state index in [1.165, 1.54) is 36.4 Å². The van der Waals surface area contributed by atoms with E-state index in [9.17, 15) is 27.2 Å². The van der Waals surface area contributed by atoms with Crippen LogP contribution in [-0.4, -0.2) is 48.7 Å². The summed E-state index contributed by atoms with van der Waals surface area (Å²) in [6, 6.07) is 4.87. The highest BCUT2D eigenvalue weighted by atomic mass is 32.2. The van der Waals surface area contributed by atoms with Crippen molar-refractivity contribution in [2.24, 2.45) is 0 Å². The van der Waals surface area contributed by atoms with Crippen molar-refractivity contribution in [2.75, 3.05) is 12.3 Å². The molecule has 2 heterocycles. The van der Waals surface area contributed by atoms with E-state index in [4.69, 9.17) is 0 Å². The summed E-state index contributed by atoms with van der Waals surface area (Å²) in [6.45, 7) is -0.111. The van der Waals surface area contributed by atoms with Gasteiger partial charge >= 0.3 is 0 Å². The summed E-state index contributed by atoms with van der Waals surface area (Å²) in [7, 11) is -3.28. The first-order valence-electron chi connectivity index (χ1n) is 7.95. The van der Waals surface area contributed by atoms with Crippen molar-refractivity contribution in [3.8, 4) is 0 Å². The summed E-state index contributed by atoms with van der Waals surface area (Å²) >= 11 is 0.748. The normalized spacial score (nSPS) is 22.6. The smallest absolute Gasteiger partial charge is 0.293 e. The van der Waals surface area contributed by atoms with Gasteiger partial charge < -0.3 is 5.32 Å². The summed E-state index contributed by atoms with van der Waals surface area (Å²) in [5, 5.41) is 3.09. The number of carbonyl (C=O) groups excluding carboxylic acids is 3. The van der Waals surface area contributed by atoms with Crippen molar-refractivity contribution in [1.29, 1.82) is 0 Å². The van der Waals surface area contributed by atoms with Crippen LogP contribution in [0.2, 0.25) is 0 Å². The van der Waals surface area contributed by atoms with Crippen LogP contribution in [0.5, 0.6) is 0 Å². The van der Waals surface area contributed by atoms with Crippen LogP contribution in [0.4, 0.5) is 9.18 Å². The highest BCUT2D eigenvalue weighted by Gasteiger charge is 2.35. The molecule has 3 rings (SSSR count). The van der Waals surface area contributed by atoms with Gasteiger partial charge in [0.15, 0.2) is 9.84 Å². The van der Waals surface area contributed by atoms with Gasteiger partial charge in [0.2, 0.25) is 5.91 Å². The van der Waals surface area contributed by atoms with Crippen molar-refractivity contribution < 1.29 is 27.2 Å². The Hall–Kier alpha value is -2.46. The molecule has 7 nitrogen and oxygen atoms in total. The maximum atomic E-state index is 12.9. The lowest BCUT2D eigenvalue weighted by molar-refractivity contribution is -0.124. The van der Waals surface area contributed by atoms with Crippen LogP contribution in [0.15, 0.2) is 40.7 Å². The molecule has 2 aliphatic rings. The van der Waals surface area contributed by atoms with E-state index in [1.54, 1.807) is 0 Å². The number of nitrogens with zero attached hydrogens (tertiary/aromatic N) is 1. The summed E-state index contributed by atoms with van der Waals surface area (Å²) < 4.78 is 35.6. The molecule has 0 radical (unpaired) electrons. The largest absolute Gasteiger partial charge is 0.349 e. The molecule has 1 N–H and O–H groups in total. The van der Waals surface area contributed by atoms with Crippen molar-refractivity contribution in [1.82, 2.24) is 10.2 Å². The van der Waals surface area contributed by atoms with Gasteiger partial charge in [0, 0.05) is 18.4 Å². The number of sulfone groups is 1. The van der Waals surface area contributed by atoms with Gasteiger partial charge in [-0.1, -0.05) is 12.1 Å². The van der Waals surface area contributed by atoms with E-state index >= 15 is 0 Å². The minimum absolute atomic E-state index is 0.111. The fourth-order valence-electron chi connectivity index (χ4n) is 2.56. The second kappa shape index (κ2) is 7.65. The van der Waals surface area contributed by atoms with Crippen LogP contribution in [0, 0.1) is 5.82 Å². The highest BCUT2D eigenvalue weighted by Crippen LogP contribution is 2.32. The number of carbonyl (C=O) groups is 3. The Bertz CT molecular complexity index is 954. The van der Waals surface area contributed by atoms with Gasteiger partial charge in [-0.25, -0.2) is 12.8 Å². The van der Waals surface area contributed by atoms with Gasteiger partial charge in [0.05, 0.1) is 16.7 Å². The molecule has 2 aliphatic heterocycles. The first-order valence-corrected chi connectivity index (χ1v) is 10.5. The van der Waals surface area contributed by atoms with E-state index in [2.05, 4.69) is 5.32 Å². The Morgan fingerprint density at radius 2 is 2.00 bits per heavy atom. The van der Waals surface area contributed by atoms with E-state index in [1.807, 2.05) is 0 Å². The number of benzene rings is 1. The monoisotopic (exact) mass is 410 g/mol. The Morgan fingerprint density at radius 1 is 1.30 bits per heavy atom. The molecule has 0 aromatic heterocycles. The van der Waals surface area contributed by atoms with Crippen molar-refractivity contribution in [3.63, 3.8) is 0 Å². The van der Waals surface area contributed by atoms with E-state index in [0.717, 1.165) is 22.1 Å². The molecule has 27 heavy (non-hydrogen) atoms. The summed E-state index contributed by atoms with van der Waals surface area (Å²) in [5.74, 6) is -1.58. The zero-order chi connectivity index (χ0) is 19.6. The van der Waals surface area contributed by atoms with E-state index in [-0.39, 0.29) is 23.6 Å². The summed E-state index contributed by atoms with van der Waals surface area (Å²) in [5.41, 5.74) is 0.578. The Balaban J connectivity index is 1.57. The number of thioether (sulfide) groups is 1. The molecule has 0 bridgehead atoms. The van der Waals surface area contributed by atoms with Crippen LogP contribution < -0.4 is 5.32 Å². The summed E-state index contributed by atoms with van der Waals surface area (Å²) in [4.78, 5) is 37.5. The molecule has 1 aromatic rings. The molecule has 1 unspecified atom stereocenters. The molecule has 1 aromatic carbocycles. The third-order valence-electron chi connectivity index (χ3n) is 3.88. The van der Waals surface area contributed by atoms with E-state index < -0.39 is 38.7 Å². The van der Waals surface area contributed by atoms with Gasteiger partial charge in [-0.05, 0) is 41.6 Å². The number of hydrogen-bond acceptors (Lipinski definition) is 6. The number of rotatable bonds is 5. The molecule has 1 atom stereocenters. The third-order valence-corrected chi connectivity index (χ3v) is 6.18. The van der Waals surface area contributed by atoms with Crippen LogP contribution in [-0.2, 0) is 19.4 Å². The molecule has 3 amide bonds. The molecular weight excluding hydrogens is 395 g/mol. The fraction of sp³-hybridized carbons (Fsp3) is 0.235. The van der Waals surface area contributed by atoms with Gasteiger partial charge in [0.1, 0.15) is 5.82 Å². The average molecular weight is 410 g/mol. The van der Waals surface area contributed by atoms with Crippen molar-refractivity contribution in [3.05, 3.63) is 52.0 Å². The minimum atomic E-state index is -3.28. The molecule has 0 aliphatic carbocycles. The number of hydrogen-bond donors (Lipinski definition) is 1. The number of nitrogens with one attached hydrogen (secondary N) is 1. The topological polar surface area (TPSA) is 101 Å². The molecule has 142 valence electrons. The SMILES string of the molecule is O=C(CCN1C(=O)S/C(=C/c2ccc(F)cc2)C1=O)NC1C=CS(=O)(=O)C1. The minimum Gasteiger partial charge on any atom is -0.349 e. The van der Waals surface area contributed by atoms with E-state index in [0.29, 0.717) is 5.56 Å². The van der Waals surface area contributed by atoms with Crippen LogP contribution in [0.25, 0.3) is 6.08 Å². The predicted molar refractivity (Wildman–Crippen MR) is 98.6 cm³/mol. The zero-order valence-electron chi connectivity index (χ0n) is 13.9. The van der Waals surface area contributed by atoms with Gasteiger partial charge in [-0.3, -0.25) is 19.3 Å². The Kier molecular flexibility index (Phi) is 5.47. The Morgan fingerprint density at radius 3 is 2.63 bits per heavy atom. The molecule has 0 spiro atoms. The first kappa shape index (κ1) is 19.3. The first-order chi connectivity index (χ1) is 12.7. The fourth-order valence-corrected chi connectivity index (χ4v) is 4.66. The Labute approximate surface area is 159 Å². The average Bonchev–Trinajstić information content (AvgIpc) is 3.07.